The summed E-state index contributed by atoms with van der Waals surface area (Å²) in [4.78, 5) is 32.4. The Morgan fingerprint density at radius 1 is 1.15 bits per heavy atom. The Bertz CT molecular complexity index is 520. The van der Waals surface area contributed by atoms with E-state index in [1.165, 1.54) is 13.0 Å². The molecule has 0 aliphatic carbocycles. The van der Waals surface area contributed by atoms with Gasteiger partial charge < -0.3 is 15.7 Å². The van der Waals surface area contributed by atoms with Crippen molar-refractivity contribution in [1.82, 2.24) is 10.6 Å². The van der Waals surface area contributed by atoms with Crippen LogP contribution >= 0.6 is 0 Å². The normalized spacial score (nSPS) is 10.2. The fourth-order valence-corrected chi connectivity index (χ4v) is 1.38. The van der Waals surface area contributed by atoms with Crippen molar-refractivity contribution in [2.45, 2.75) is 13.5 Å². The topological polar surface area (TPSA) is 95.5 Å². The second-order valence-corrected chi connectivity index (χ2v) is 4.10. The van der Waals surface area contributed by atoms with Crippen LogP contribution in [0.15, 0.2) is 30.3 Å². The zero-order valence-electron chi connectivity index (χ0n) is 11.1. The molecule has 106 valence electrons. The number of carbonyl (C=O) groups excluding carboxylic acids is 2. The van der Waals surface area contributed by atoms with Gasteiger partial charge in [-0.05, 0) is 17.2 Å². The van der Waals surface area contributed by atoms with Crippen molar-refractivity contribution in [3.63, 3.8) is 0 Å². The fraction of sp³-hybridized carbons (Fsp3) is 0.214. The molecule has 6 nitrogen and oxygen atoms in total. The third-order valence-corrected chi connectivity index (χ3v) is 2.39. The molecule has 20 heavy (non-hydrogen) atoms. The average molecular weight is 276 g/mol. The summed E-state index contributed by atoms with van der Waals surface area (Å²) < 4.78 is 0. The summed E-state index contributed by atoms with van der Waals surface area (Å²) in [5.41, 5.74) is 1.65. The summed E-state index contributed by atoms with van der Waals surface area (Å²) in [5, 5.41) is 13.6. The first-order chi connectivity index (χ1) is 9.47. The Hall–Kier alpha value is -2.63. The van der Waals surface area contributed by atoms with Crippen molar-refractivity contribution in [2.75, 3.05) is 6.54 Å². The molecule has 1 rings (SSSR count). The molecule has 0 heterocycles. The number of carboxylic acids is 1. The number of aliphatic carboxylic acids is 1. The Balaban J connectivity index is 2.43. The molecule has 0 atom stereocenters. The molecule has 0 aliphatic rings. The number of rotatable bonds is 6. The number of amides is 2. The molecule has 6 heteroatoms. The first-order valence-electron chi connectivity index (χ1n) is 5.98. The third-order valence-electron chi connectivity index (χ3n) is 2.39. The summed E-state index contributed by atoms with van der Waals surface area (Å²) in [6, 6.07) is 7.10. The van der Waals surface area contributed by atoms with E-state index in [1.54, 1.807) is 24.3 Å². The summed E-state index contributed by atoms with van der Waals surface area (Å²) >= 11 is 0. The Kier molecular flexibility index (Phi) is 5.96. The highest BCUT2D eigenvalue weighted by atomic mass is 16.4. The van der Waals surface area contributed by atoms with Crippen LogP contribution in [0.1, 0.15) is 18.1 Å². The average Bonchev–Trinajstić information content (AvgIpc) is 2.41. The molecule has 3 N–H and O–H groups in total. The molecule has 0 bridgehead atoms. The van der Waals surface area contributed by atoms with Gasteiger partial charge in [-0.1, -0.05) is 24.3 Å². The standard InChI is InChI=1S/C14H16N2O4/c1-10(17)15-9-13(18)16-8-12-4-2-11(3-5-12)6-7-14(19)20/h2-7H,8-9H2,1H3,(H,15,17)(H,16,18)(H,19,20). The van der Waals surface area contributed by atoms with Crippen LogP contribution in [0.2, 0.25) is 0 Å². The number of carbonyl (C=O) groups is 3. The van der Waals surface area contributed by atoms with Gasteiger partial charge in [-0.15, -0.1) is 0 Å². The van der Waals surface area contributed by atoms with Gasteiger partial charge in [0.25, 0.3) is 0 Å². The van der Waals surface area contributed by atoms with Gasteiger partial charge in [0, 0.05) is 19.5 Å². The van der Waals surface area contributed by atoms with Crippen molar-refractivity contribution in [2.24, 2.45) is 0 Å². The molecule has 0 aliphatic heterocycles. The quantitative estimate of drug-likeness (QED) is 0.661. The van der Waals surface area contributed by atoms with Gasteiger partial charge >= 0.3 is 5.97 Å². The maximum Gasteiger partial charge on any atom is 0.328 e. The van der Waals surface area contributed by atoms with Crippen molar-refractivity contribution in [3.8, 4) is 0 Å². The van der Waals surface area contributed by atoms with Gasteiger partial charge in [0.2, 0.25) is 11.8 Å². The molecule has 0 fully saturated rings. The molecule has 0 saturated carbocycles. The van der Waals surface area contributed by atoms with Gasteiger partial charge in [0.15, 0.2) is 0 Å². The lowest BCUT2D eigenvalue weighted by Gasteiger charge is -2.06. The molecule has 2 amide bonds. The molecule has 0 saturated heterocycles. The molecule has 0 aromatic heterocycles. The maximum absolute atomic E-state index is 11.4. The monoisotopic (exact) mass is 276 g/mol. The van der Waals surface area contributed by atoms with Crippen molar-refractivity contribution in [1.29, 1.82) is 0 Å². The van der Waals surface area contributed by atoms with Gasteiger partial charge in [-0.2, -0.15) is 0 Å². The first kappa shape index (κ1) is 15.4. The van der Waals surface area contributed by atoms with E-state index in [4.69, 9.17) is 5.11 Å². The van der Waals surface area contributed by atoms with E-state index < -0.39 is 5.97 Å². The smallest absolute Gasteiger partial charge is 0.328 e. The lowest BCUT2D eigenvalue weighted by molar-refractivity contribution is -0.131. The van der Waals surface area contributed by atoms with Gasteiger partial charge in [0.05, 0.1) is 6.54 Å². The lowest BCUT2D eigenvalue weighted by Crippen LogP contribution is -2.35. The van der Waals surface area contributed by atoms with Gasteiger partial charge in [0.1, 0.15) is 0 Å². The van der Waals surface area contributed by atoms with Crippen LogP contribution in [0, 0.1) is 0 Å². The highest BCUT2D eigenvalue weighted by Crippen LogP contribution is 2.06. The summed E-state index contributed by atoms with van der Waals surface area (Å²) in [6.07, 6.45) is 2.55. The van der Waals surface area contributed by atoms with Crippen molar-refractivity contribution >= 4 is 23.9 Å². The number of nitrogens with one attached hydrogen (secondary N) is 2. The number of benzene rings is 1. The largest absolute Gasteiger partial charge is 0.478 e. The van der Waals surface area contributed by atoms with E-state index in [0.717, 1.165) is 17.2 Å². The highest BCUT2D eigenvalue weighted by Gasteiger charge is 2.01. The maximum atomic E-state index is 11.4. The number of carboxylic acid groups (broad SMARTS) is 1. The fourth-order valence-electron chi connectivity index (χ4n) is 1.38. The molecular weight excluding hydrogens is 260 g/mol. The number of hydrogen-bond acceptors (Lipinski definition) is 3. The molecule has 0 unspecified atom stereocenters. The van der Waals surface area contributed by atoms with E-state index in [2.05, 4.69) is 10.6 Å². The number of hydrogen-bond donors (Lipinski definition) is 3. The van der Waals surface area contributed by atoms with Crippen LogP contribution in [0.5, 0.6) is 0 Å². The molecule has 1 aromatic rings. The second kappa shape index (κ2) is 7.73. The molecule has 0 radical (unpaired) electrons. The minimum Gasteiger partial charge on any atom is -0.478 e. The van der Waals surface area contributed by atoms with Crippen LogP contribution < -0.4 is 10.6 Å². The Morgan fingerprint density at radius 3 is 2.35 bits per heavy atom. The molecular formula is C14H16N2O4. The first-order valence-corrected chi connectivity index (χ1v) is 5.98. The van der Waals surface area contributed by atoms with Crippen LogP contribution in [0.25, 0.3) is 6.08 Å². The summed E-state index contributed by atoms with van der Waals surface area (Å²) in [5.74, 6) is -1.52. The summed E-state index contributed by atoms with van der Waals surface area (Å²) in [6.45, 7) is 1.65. The van der Waals surface area contributed by atoms with E-state index in [9.17, 15) is 14.4 Å². The predicted molar refractivity (Wildman–Crippen MR) is 73.6 cm³/mol. The van der Waals surface area contributed by atoms with Crippen molar-refractivity contribution in [3.05, 3.63) is 41.5 Å². The van der Waals surface area contributed by atoms with Crippen LogP contribution in [-0.4, -0.2) is 29.4 Å². The van der Waals surface area contributed by atoms with E-state index in [-0.39, 0.29) is 18.4 Å². The summed E-state index contributed by atoms with van der Waals surface area (Å²) in [7, 11) is 0. The minimum atomic E-state index is -1.00. The van der Waals surface area contributed by atoms with E-state index in [0.29, 0.717) is 6.54 Å². The van der Waals surface area contributed by atoms with E-state index in [1.807, 2.05) is 0 Å². The Labute approximate surface area is 116 Å². The lowest BCUT2D eigenvalue weighted by atomic mass is 10.1. The third kappa shape index (κ3) is 6.34. The van der Waals surface area contributed by atoms with Gasteiger partial charge in [-0.25, -0.2) is 4.79 Å². The van der Waals surface area contributed by atoms with E-state index >= 15 is 0 Å². The highest BCUT2D eigenvalue weighted by molar-refractivity contribution is 5.85. The minimum absolute atomic E-state index is 0.0469. The van der Waals surface area contributed by atoms with Crippen LogP contribution in [-0.2, 0) is 20.9 Å². The molecule has 1 aromatic carbocycles. The van der Waals surface area contributed by atoms with Crippen LogP contribution in [0.4, 0.5) is 0 Å². The Morgan fingerprint density at radius 2 is 1.80 bits per heavy atom. The predicted octanol–water partition coefficient (Wildman–Crippen LogP) is 0.537. The zero-order chi connectivity index (χ0) is 15.0. The van der Waals surface area contributed by atoms with Crippen molar-refractivity contribution < 1.29 is 19.5 Å². The van der Waals surface area contributed by atoms with Crippen LogP contribution in [0.3, 0.4) is 0 Å². The molecule has 0 spiro atoms. The SMILES string of the molecule is CC(=O)NCC(=O)NCc1ccc(C=CC(=O)O)cc1. The second-order valence-electron chi connectivity index (χ2n) is 4.10. The van der Waals surface area contributed by atoms with Gasteiger partial charge in [-0.3, -0.25) is 9.59 Å². The zero-order valence-corrected chi connectivity index (χ0v) is 11.1.